The van der Waals surface area contributed by atoms with Gasteiger partial charge < -0.3 is 5.11 Å². The number of aliphatic hydroxyl groups excluding tert-OH is 1. The number of aromatic nitrogens is 1. The summed E-state index contributed by atoms with van der Waals surface area (Å²) in [5.74, 6) is -0.661. The topological polar surface area (TPSA) is 33.1 Å². The minimum atomic E-state index is -0.661. The van der Waals surface area contributed by atoms with Gasteiger partial charge in [-0.05, 0) is 18.2 Å². The average molecular weight is 307 g/mol. The van der Waals surface area contributed by atoms with Crippen molar-refractivity contribution in [1.82, 2.24) is 4.98 Å². The van der Waals surface area contributed by atoms with Gasteiger partial charge in [-0.25, -0.2) is 4.39 Å². The van der Waals surface area contributed by atoms with Crippen molar-refractivity contribution in [3.05, 3.63) is 50.8 Å². The van der Waals surface area contributed by atoms with Gasteiger partial charge in [-0.2, -0.15) is 0 Å². The molecular weight excluding hydrogens is 299 g/mol. The molecule has 0 saturated heterocycles. The molecule has 2 nitrogen and oxygen atoms in total. The van der Waals surface area contributed by atoms with Crippen LogP contribution in [0.2, 0.25) is 15.1 Å². The lowest BCUT2D eigenvalue weighted by molar-refractivity contribution is 0.275. The zero-order chi connectivity index (χ0) is 13.3. The molecule has 0 aliphatic carbocycles. The van der Waals surface area contributed by atoms with Gasteiger partial charge in [-0.1, -0.05) is 34.8 Å². The lowest BCUT2D eigenvalue weighted by Crippen LogP contribution is -1.97. The highest BCUT2D eigenvalue weighted by Gasteiger charge is 2.18. The quantitative estimate of drug-likeness (QED) is 0.837. The summed E-state index contributed by atoms with van der Waals surface area (Å²) in [6, 6.07) is 4.41. The van der Waals surface area contributed by atoms with E-state index in [0.717, 1.165) is 0 Å². The maximum absolute atomic E-state index is 14.1. The lowest BCUT2D eigenvalue weighted by atomic mass is 10.1. The van der Waals surface area contributed by atoms with Gasteiger partial charge in [-0.15, -0.1) is 0 Å². The summed E-state index contributed by atoms with van der Waals surface area (Å²) in [5.41, 5.74) is 0.310. The predicted octanol–water partition coefficient (Wildman–Crippen LogP) is 4.34. The first-order valence-corrected chi connectivity index (χ1v) is 6.07. The van der Waals surface area contributed by atoms with Crippen LogP contribution >= 0.6 is 34.8 Å². The molecule has 0 radical (unpaired) electrons. The highest BCUT2D eigenvalue weighted by Crippen LogP contribution is 2.39. The number of aliphatic hydroxyl groups is 1. The van der Waals surface area contributed by atoms with Crippen LogP contribution in [0.1, 0.15) is 5.56 Å². The second-order valence-electron chi connectivity index (χ2n) is 3.51. The highest BCUT2D eigenvalue weighted by atomic mass is 35.5. The van der Waals surface area contributed by atoms with Crippen molar-refractivity contribution in [1.29, 1.82) is 0 Å². The normalized spacial score (nSPS) is 10.7. The standard InChI is InChI=1S/C12H7Cl3FNO/c13-7-1-2-8(14)10(15)9(7)12-11(16)6(5-18)3-4-17-12/h1-4,18H,5H2. The van der Waals surface area contributed by atoms with Crippen LogP contribution < -0.4 is 0 Å². The molecule has 0 fully saturated rings. The summed E-state index contributed by atoms with van der Waals surface area (Å²) in [6.07, 6.45) is 1.37. The molecule has 18 heavy (non-hydrogen) atoms. The second kappa shape index (κ2) is 5.41. The van der Waals surface area contributed by atoms with E-state index in [1.54, 1.807) is 0 Å². The molecular formula is C12H7Cl3FNO. The van der Waals surface area contributed by atoms with Gasteiger partial charge in [0.05, 0.1) is 21.7 Å². The summed E-state index contributed by atoms with van der Waals surface area (Å²) >= 11 is 17.9. The molecule has 0 bridgehead atoms. The van der Waals surface area contributed by atoms with Gasteiger partial charge in [0.25, 0.3) is 0 Å². The van der Waals surface area contributed by atoms with Crippen molar-refractivity contribution < 1.29 is 9.50 Å². The Kier molecular flexibility index (Phi) is 4.07. The van der Waals surface area contributed by atoms with E-state index in [1.165, 1.54) is 24.4 Å². The predicted molar refractivity (Wildman–Crippen MR) is 70.6 cm³/mol. The van der Waals surface area contributed by atoms with E-state index in [-0.39, 0.29) is 31.9 Å². The Balaban J connectivity index is 2.73. The fraction of sp³-hybridized carbons (Fsp3) is 0.0833. The molecule has 1 aromatic carbocycles. The Morgan fingerprint density at radius 1 is 1.11 bits per heavy atom. The molecule has 0 unspecified atom stereocenters. The number of rotatable bonds is 2. The number of nitrogens with zero attached hydrogens (tertiary/aromatic N) is 1. The van der Waals surface area contributed by atoms with E-state index >= 15 is 0 Å². The summed E-state index contributed by atoms with van der Waals surface area (Å²) in [7, 11) is 0. The van der Waals surface area contributed by atoms with Gasteiger partial charge in [-0.3, -0.25) is 4.98 Å². The first-order chi connectivity index (χ1) is 8.56. The molecule has 2 aromatic rings. The number of halogens is 4. The second-order valence-corrected chi connectivity index (χ2v) is 4.70. The van der Waals surface area contributed by atoms with Crippen molar-refractivity contribution in [3.63, 3.8) is 0 Å². The van der Waals surface area contributed by atoms with Crippen LogP contribution in [0.5, 0.6) is 0 Å². The minimum absolute atomic E-state index is 0.0287. The molecule has 0 saturated carbocycles. The van der Waals surface area contributed by atoms with Crippen molar-refractivity contribution in [3.8, 4) is 11.3 Å². The van der Waals surface area contributed by atoms with Gasteiger partial charge in [0, 0.05) is 17.3 Å². The highest BCUT2D eigenvalue weighted by molar-refractivity contribution is 6.46. The number of hydrogen-bond donors (Lipinski definition) is 1. The van der Waals surface area contributed by atoms with E-state index in [0.29, 0.717) is 0 Å². The fourth-order valence-corrected chi connectivity index (χ4v) is 2.23. The molecule has 0 atom stereocenters. The smallest absolute Gasteiger partial charge is 0.155 e. The zero-order valence-corrected chi connectivity index (χ0v) is 11.2. The zero-order valence-electron chi connectivity index (χ0n) is 8.92. The Morgan fingerprint density at radius 2 is 1.78 bits per heavy atom. The van der Waals surface area contributed by atoms with Crippen LogP contribution in [0.4, 0.5) is 4.39 Å². The van der Waals surface area contributed by atoms with Crippen molar-refractivity contribution in [2.24, 2.45) is 0 Å². The first-order valence-electron chi connectivity index (χ1n) is 4.94. The van der Waals surface area contributed by atoms with Crippen molar-refractivity contribution in [2.45, 2.75) is 6.61 Å². The van der Waals surface area contributed by atoms with Crippen molar-refractivity contribution >= 4 is 34.8 Å². The SMILES string of the molecule is OCc1ccnc(-c2c(Cl)ccc(Cl)c2Cl)c1F. The molecule has 94 valence electrons. The molecule has 6 heteroatoms. The van der Waals surface area contributed by atoms with Gasteiger partial charge in [0.1, 0.15) is 5.69 Å². The van der Waals surface area contributed by atoms with Crippen LogP contribution in [-0.4, -0.2) is 10.1 Å². The van der Waals surface area contributed by atoms with Gasteiger partial charge >= 0.3 is 0 Å². The average Bonchev–Trinajstić information content (AvgIpc) is 2.36. The first kappa shape index (κ1) is 13.6. The number of benzene rings is 1. The third kappa shape index (κ3) is 2.31. The molecule has 0 aliphatic heterocycles. The Hall–Kier alpha value is -0.870. The number of pyridine rings is 1. The Labute approximate surface area is 118 Å². The summed E-state index contributed by atoms with van der Waals surface area (Å²) in [5, 5.41) is 9.65. The summed E-state index contributed by atoms with van der Waals surface area (Å²) in [6.45, 7) is -0.433. The largest absolute Gasteiger partial charge is 0.392 e. The van der Waals surface area contributed by atoms with Crippen LogP contribution in [-0.2, 0) is 6.61 Å². The van der Waals surface area contributed by atoms with Crippen LogP contribution in [0.3, 0.4) is 0 Å². The molecule has 2 rings (SSSR count). The third-order valence-corrected chi connectivity index (χ3v) is 3.54. The van der Waals surface area contributed by atoms with E-state index in [4.69, 9.17) is 39.9 Å². The van der Waals surface area contributed by atoms with E-state index in [1.807, 2.05) is 0 Å². The Morgan fingerprint density at radius 3 is 2.44 bits per heavy atom. The molecule has 1 N–H and O–H groups in total. The third-order valence-electron chi connectivity index (χ3n) is 2.42. The van der Waals surface area contributed by atoms with E-state index < -0.39 is 12.4 Å². The number of hydrogen-bond acceptors (Lipinski definition) is 2. The molecule has 1 aromatic heterocycles. The van der Waals surface area contributed by atoms with Gasteiger partial charge in [0.15, 0.2) is 5.82 Å². The Bertz CT molecular complexity index is 604. The minimum Gasteiger partial charge on any atom is -0.392 e. The molecule has 1 heterocycles. The van der Waals surface area contributed by atoms with Gasteiger partial charge in [0.2, 0.25) is 0 Å². The molecule has 0 aliphatic rings. The van der Waals surface area contributed by atoms with Crippen molar-refractivity contribution in [2.75, 3.05) is 0 Å². The summed E-state index contributed by atoms with van der Waals surface area (Å²) in [4.78, 5) is 3.91. The van der Waals surface area contributed by atoms with Crippen LogP contribution in [0.15, 0.2) is 24.4 Å². The molecule has 0 spiro atoms. The fourth-order valence-electron chi connectivity index (χ4n) is 1.52. The van der Waals surface area contributed by atoms with E-state index in [9.17, 15) is 4.39 Å². The lowest BCUT2D eigenvalue weighted by Gasteiger charge is -2.10. The molecule has 0 amide bonds. The van der Waals surface area contributed by atoms with E-state index in [2.05, 4.69) is 4.98 Å². The maximum Gasteiger partial charge on any atom is 0.155 e. The summed E-state index contributed by atoms with van der Waals surface area (Å²) < 4.78 is 14.1. The monoisotopic (exact) mass is 305 g/mol. The van der Waals surface area contributed by atoms with Crippen LogP contribution in [0.25, 0.3) is 11.3 Å². The van der Waals surface area contributed by atoms with Crippen LogP contribution in [0, 0.1) is 5.82 Å². The maximum atomic E-state index is 14.1.